The van der Waals surface area contributed by atoms with Gasteiger partial charge in [-0.1, -0.05) is 12.1 Å². The Morgan fingerprint density at radius 3 is 2.73 bits per heavy atom. The SMILES string of the molecule is Cc1ccc(-c2ncoc2CN)cc1C. The van der Waals surface area contributed by atoms with E-state index in [1.165, 1.54) is 17.5 Å². The van der Waals surface area contributed by atoms with Crippen LogP contribution in [0.2, 0.25) is 0 Å². The second kappa shape index (κ2) is 3.87. The lowest BCUT2D eigenvalue weighted by atomic mass is 10.0. The van der Waals surface area contributed by atoms with Gasteiger partial charge in [0.25, 0.3) is 0 Å². The van der Waals surface area contributed by atoms with Gasteiger partial charge in [-0.15, -0.1) is 0 Å². The maximum Gasteiger partial charge on any atom is 0.181 e. The molecule has 1 aromatic carbocycles. The number of nitrogens with two attached hydrogens (primary N) is 1. The van der Waals surface area contributed by atoms with Crippen molar-refractivity contribution in [2.45, 2.75) is 20.4 Å². The minimum Gasteiger partial charge on any atom is -0.446 e. The molecule has 78 valence electrons. The van der Waals surface area contributed by atoms with Gasteiger partial charge in [0, 0.05) is 5.56 Å². The van der Waals surface area contributed by atoms with Crippen LogP contribution in [0.25, 0.3) is 11.3 Å². The highest BCUT2D eigenvalue weighted by Gasteiger charge is 2.09. The molecule has 15 heavy (non-hydrogen) atoms. The highest BCUT2D eigenvalue weighted by atomic mass is 16.3. The second-order valence-corrected chi connectivity index (χ2v) is 3.63. The van der Waals surface area contributed by atoms with E-state index in [-0.39, 0.29) is 0 Å². The summed E-state index contributed by atoms with van der Waals surface area (Å²) in [7, 11) is 0. The fraction of sp³-hybridized carbons (Fsp3) is 0.250. The van der Waals surface area contributed by atoms with Crippen LogP contribution in [-0.2, 0) is 6.54 Å². The van der Waals surface area contributed by atoms with Crippen LogP contribution in [0.4, 0.5) is 0 Å². The molecule has 0 spiro atoms. The molecule has 0 aliphatic carbocycles. The number of nitrogens with zero attached hydrogens (tertiary/aromatic N) is 1. The molecule has 0 saturated carbocycles. The Labute approximate surface area is 88.9 Å². The zero-order valence-electron chi connectivity index (χ0n) is 8.95. The average Bonchev–Trinajstić information content (AvgIpc) is 2.70. The monoisotopic (exact) mass is 202 g/mol. The number of oxazole rings is 1. The van der Waals surface area contributed by atoms with E-state index < -0.39 is 0 Å². The van der Waals surface area contributed by atoms with Crippen LogP contribution in [0.1, 0.15) is 16.9 Å². The lowest BCUT2D eigenvalue weighted by Gasteiger charge is -2.03. The van der Waals surface area contributed by atoms with Crippen molar-refractivity contribution in [3.8, 4) is 11.3 Å². The van der Waals surface area contributed by atoms with E-state index in [1.807, 2.05) is 6.07 Å². The number of hydrogen-bond acceptors (Lipinski definition) is 3. The zero-order valence-corrected chi connectivity index (χ0v) is 8.95. The Morgan fingerprint density at radius 1 is 1.27 bits per heavy atom. The molecule has 0 atom stereocenters. The highest BCUT2D eigenvalue weighted by Crippen LogP contribution is 2.23. The Bertz CT molecular complexity index is 474. The van der Waals surface area contributed by atoms with E-state index in [1.54, 1.807) is 0 Å². The third-order valence-corrected chi connectivity index (χ3v) is 2.61. The van der Waals surface area contributed by atoms with Crippen molar-refractivity contribution in [1.29, 1.82) is 0 Å². The molecule has 0 saturated heterocycles. The first-order valence-electron chi connectivity index (χ1n) is 4.92. The average molecular weight is 202 g/mol. The Morgan fingerprint density at radius 2 is 2.07 bits per heavy atom. The van der Waals surface area contributed by atoms with Crippen molar-refractivity contribution < 1.29 is 4.42 Å². The zero-order chi connectivity index (χ0) is 10.8. The third kappa shape index (κ3) is 1.78. The molecule has 1 heterocycles. The highest BCUT2D eigenvalue weighted by molar-refractivity contribution is 5.62. The predicted octanol–water partition coefficient (Wildman–Crippen LogP) is 2.42. The van der Waals surface area contributed by atoms with Gasteiger partial charge in [-0.2, -0.15) is 0 Å². The van der Waals surface area contributed by atoms with Crippen molar-refractivity contribution in [3.63, 3.8) is 0 Å². The fourth-order valence-corrected chi connectivity index (χ4v) is 1.54. The number of benzene rings is 1. The van der Waals surface area contributed by atoms with Gasteiger partial charge in [0.15, 0.2) is 6.39 Å². The molecule has 0 bridgehead atoms. The van der Waals surface area contributed by atoms with Crippen molar-refractivity contribution in [2.24, 2.45) is 5.73 Å². The number of hydrogen-bond donors (Lipinski definition) is 1. The smallest absolute Gasteiger partial charge is 0.181 e. The van der Waals surface area contributed by atoms with Crippen molar-refractivity contribution in [3.05, 3.63) is 41.5 Å². The van der Waals surface area contributed by atoms with E-state index in [4.69, 9.17) is 10.2 Å². The summed E-state index contributed by atoms with van der Waals surface area (Å²) in [4.78, 5) is 4.18. The minimum absolute atomic E-state index is 0.377. The van der Waals surface area contributed by atoms with Crippen molar-refractivity contribution in [2.75, 3.05) is 0 Å². The van der Waals surface area contributed by atoms with E-state index in [9.17, 15) is 0 Å². The van der Waals surface area contributed by atoms with Crippen molar-refractivity contribution in [1.82, 2.24) is 4.98 Å². The summed E-state index contributed by atoms with van der Waals surface area (Å²) in [5.74, 6) is 0.734. The van der Waals surface area contributed by atoms with E-state index >= 15 is 0 Å². The minimum atomic E-state index is 0.377. The van der Waals surface area contributed by atoms with Crippen LogP contribution >= 0.6 is 0 Å². The molecule has 0 fully saturated rings. The van der Waals surface area contributed by atoms with Gasteiger partial charge in [-0.3, -0.25) is 0 Å². The largest absolute Gasteiger partial charge is 0.446 e. The standard InChI is InChI=1S/C12H14N2O/c1-8-3-4-10(5-9(8)2)12-11(6-13)15-7-14-12/h3-5,7H,6,13H2,1-2H3. The van der Waals surface area contributed by atoms with Gasteiger partial charge >= 0.3 is 0 Å². The Kier molecular flexibility index (Phi) is 2.56. The molecule has 0 unspecified atom stereocenters. The summed E-state index contributed by atoms with van der Waals surface area (Å²) in [6.45, 7) is 4.55. The lowest BCUT2D eigenvalue weighted by Crippen LogP contribution is -1.96. The molecule has 0 aliphatic heterocycles. The molecule has 0 aliphatic rings. The summed E-state index contributed by atoms with van der Waals surface area (Å²) in [6.07, 6.45) is 1.44. The summed E-state index contributed by atoms with van der Waals surface area (Å²) in [5.41, 5.74) is 10.00. The summed E-state index contributed by atoms with van der Waals surface area (Å²) >= 11 is 0. The van der Waals surface area contributed by atoms with Gasteiger partial charge in [-0.25, -0.2) is 4.98 Å². The summed E-state index contributed by atoms with van der Waals surface area (Å²) in [6, 6.07) is 6.23. The molecule has 2 aromatic rings. The maximum atomic E-state index is 5.57. The van der Waals surface area contributed by atoms with Gasteiger partial charge in [0.05, 0.1) is 6.54 Å². The summed E-state index contributed by atoms with van der Waals surface area (Å²) in [5, 5.41) is 0. The fourth-order valence-electron chi connectivity index (χ4n) is 1.54. The maximum absolute atomic E-state index is 5.57. The first-order chi connectivity index (χ1) is 7.22. The quantitative estimate of drug-likeness (QED) is 0.813. The van der Waals surface area contributed by atoms with Gasteiger partial charge in [0.2, 0.25) is 0 Å². The molecule has 2 N–H and O–H groups in total. The Balaban J connectivity index is 2.50. The predicted molar refractivity (Wildman–Crippen MR) is 59.3 cm³/mol. The number of rotatable bonds is 2. The van der Waals surface area contributed by atoms with Gasteiger partial charge in [-0.05, 0) is 31.0 Å². The first kappa shape index (κ1) is 9.93. The molecule has 3 heteroatoms. The Hall–Kier alpha value is -1.61. The molecular weight excluding hydrogens is 188 g/mol. The van der Waals surface area contributed by atoms with Crippen LogP contribution in [0.3, 0.4) is 0 Å². The molecular formula is C12H14N2O. The van der Waals surface area contributed by atoms with E-state index in [2.05, 4.69) is 31.0 Å². The van der Waals surface area contributed by atoms with Crippen molar-refractivity contribution >= 4 is 0 Å². The van der Waals surface area contributed by atoms with Gasteiger partial charge < -0.3 is 10.2 Å². The lowest BCUT2D eigenvalue weighted by molar-refractivity contribution is 0.507. The molecule has 0 amide bonds. The normalized spacial score (nSPS) is 10.6. The van der Waals surface area contributed by atoms with E-state index in [0.717, 1.165) is 17.0 Å². The van der Waals surface area contributed by atoms with Gasteiger partial charge in [0.1, 0.15) is 11.5 Å². The third-order valence-electron chi connectivity index (χ3n) is 2.61. The molecule has 2 rings (SSSR count). The topological polar surface area (TPSA) is 52.0 Å². The first-order valence-corrected chi connectivity index (χ1v) is 4.92. The van der Waals surface area contributed by atoms with Crippen LogP contribution in [0, 0.1) is 13.8 Å². The van der Waals surface area contributed by atoms with Crippen LogP contribution in [0.15, 0.2) is 29.0 Å². The summed E-state index contributed by atoms with van der Waals surface area (Å²) < 4.78 is 5.20. The van der Waals surface area contributed by atoms with E-state index in [0.29, 0.717) is 6.54 Å². The number of aryl methyl sites for hydroxylation is 2. The molecule has 3 nitrogen and oxygen atoms in total. The molecule has 0 radical (unpaired) electrons. The second-order valence-electron chi connectivity index (χ2n) is 3.63. The van der Waals surface area contributed by atoms with Crippen LogP contribution < -0.4 is 5.73 Å². The number of aromatic nitrogens is 1. The molecule has 1 aromatic heterocycles. The van der Waals surface area contributed by atoms with Crippen LogP contribution in [0.5, 0.6) is 0 Å². The van der Waals surface area contributed by atoms with Crippen LogP contribution in [-0.4, -0.2) is 4.98 Å².